The van der Waals surface area contributed by atoms with Crippen LogP contribution in [0.2, 0.25) is 0 Å². The fourth-order valence-corrected chi connectivity index (χ4v) is 4.62. The third-order valence-electron chi connectivity index (χ3n) is 6.05. The zero-order chi connectivity index (χ0) is 23.7. The third kappa shape index (κ3) is 4.23. The molecule has 1 N–H and O–H groups in total. The van der Waals surface area contributed by atoms with Gasteiger partial charge in [0.25, 0.3) is 5.89 Å². The fourth-order valence-electron chi connectivity index (χ4n) is 4.27. The van der Waals surface area contributed by atoms with Gasteiger partial charge in [0.15, 0.2) is 16.6 Å². The summed E-state index contributed by atoms with van der Waals surface area (Å²) >= 11 is 5.69. The molecule has 0 aliphatic carbocycles. The molecule has 3 aromatic rings. The van der Waals surface area contributed by atoms with E-state index in [9.17, 15) is 4.39 Å². The summed E-state index contributed by atoms with van der Waals surface area (Å²) in [6, 6.07) is 11.5. The van der Waals surface area contributed by atoms with Gasteiger partial charge in [0.05, 0.1) is 11.6 Å². The van der Waals surface area contributed by atoms with Crippen molar-refractivity contribution >= 4 is 22.9 Å². The average Bonchev–Trinajstić information content (AvgIpc) is 3.50. The summed E-state index contributed by atoms with van der Waals surface area (Å²) in [6.07, 6.45) is 3.21. The number of nitrogens with one attached hydrogen (secondary N) is 1. The monoisotopic (exact) mass is 480 g/mol. The van der Waals surface area contributed by atoms with Crippen LogP contribution in [0, 0.1) is 5.82 Å². The van der Waals surface area contributed by atoms with Gasteiger partial charge in [-0.1, -0.05) is 37.1 Å². The van der Waals surface area contributed by atoms with E-state index in [0.717, 1.165) is 48.2 Å². The predicted octanol–water partition coefficient (Wildman–Crippen LogP) is 5.46. The molecule has 0 saturated carbocycles. The van der Waals surface area contributed by atoms with E-state index >= 15 is 0 Å². The second-order valence-corrected chi connectivity index (χ2v) is 8.67. The van der Waals surface area contributed by atoms with Crippen LogP contribution >= 0.6 is 12.2 Å². The smallest absolute Gasteiger partial charge is 0.258 e. The summed E-state index contributed by atoms with van der Waals surface area (Å²) in [4.78, 5) is 6.75. The minimum atomic E-state index is -0.421. The van der Waals surface area contributed by atoms with Crippen molar-refractivity contribution in [2.24, 2.45) is 0 Å². The maximum atomic E-state index is 14.1. The Morgan fingerprint density at radius 3 is 2.82 bits per heavy atom. The van der Waals surface area contributed by atoms with Crippen LogP contribution in [0.15, 0.2) is 52.7 Å². The zero-order valence-electron chi connectivity index (χ0n) is 19.0. The number of nitrogens with zero attached hydrogens (tertiary/aromatic N) is 3. The molecule has 0 spiro atoms. The van der Waals surface area contributed by atoms with Crippen LogP contribution in [0.1, 0.15) is 50.6 Å². The maximum Gasteiger partial charge on any atom is 0.258 e. The maximum absolute atomic E-state index is 14.1. The second-order valence-electron chi connectivity index (χ2n) is 8.29. The van der Waals surface area contributed by atoms with Gasteiger partial charge in [-0.05, 0) is 61.5 Å². The Morgan fingerprint density at radius 2 is 2.00 bits per heavy atom. The number of aromatic nitrogens is 2. The van der Waals surface area contributed by atoms with Gasteiger partial charge in [-0.15, -0.1) is 0 Å². The molecular formula is C25H25FN4O3S. The zero-order valence-corrected chi connectivity index (χ0v) is 19.8. The van der Waals surface area contributed by atoms with E-state index in [1.54, 1.807) is 6.07 Å². The van der Waals surface area contributed by atoms with Crippen LogP contribution in [-0.4, -0.2) is 33.5 Å². The van der Waals surface area contributed by atoms with E-state index in [2.05, 4.69) is 22.3 Å². The number of hydrogen-bond acceptors (Lipinski definition) is 6. The first-order chi connectivity index (χ1) is 16.5. The molecule has 9 heteroatoms. The number of fused-ring (bicyclic) bond motifs is 1. The molecule has 0 fully saturated rings. The lowest BCUT2D eigenvalue weighted by Gasteiger charge is -2.37. The lowest BCUT2D eigenvalue weighted by Crippen LogP contribution is -2.46. The Morgan fingerprint density at radius 1 is 1.15 bits per heavy atom. The van der Waals surface area contributed by atoms with Crippen molar-refractivity contribution in [3.05, 3.63) is 65.4 Å². The molecule has 0 amide bonds. The third-order valence-corrected chi connectivity index (χ3v) is 6.39. The molecule has 0 bridgehead atoms. The van der Waals surface area contributed by atoms with Crippen molar-refractivity contribution in [1.29, 1.82) is 0 Å². The fraction of sp³-hybridized carbons (Fsp3) is 0.320. The second kappa shape index (κ2) is 9.42. The van der Waals surface area contributed by atoms with Crippen LogP contribution < -0.4 is 14.8 Å². The minimum Gasteiger partial charge on any atom is -0.454 e. The van der Waals surface area contributed by atoms with Crippen LogP contribution in [0.5, 0.6) is 11.5 Å². The van der Waals surface area contributed by atoms with Crippen molar-refractivity contribution in [2.75, 3.05) is 13.3 Å². The van der Waals surface area contributed by atoms with E-state index in [0.29, 0.717) is 28.3 Å². The predicted molar refractivity (Wildman–Crippen MR) is 130 cm³/mol. The van der Waals surface area contributed by atoms with Crippen LogP contribution in [0.3, 0.4) is 0 Å². The summed E-state index contributed by atoms with van der Waals surface area (Å²) in [5.41, 5.74) is 3.16. The first-order valence-corrected chi connectivity index (χ1v) is 11.7. The molecule has 0 saturated heterocycles. The summed E-state index contributed by atoms with van der Waals surface area (Å²) in [5.74, 6) is 1.79. The highest BCUT2D eigenvalue weighted by atomic mass is 32.1. The van der Waals surface area contributed by atoms with Crippen LogP contribution in [0.25, 0.3) is 17.0 Å². The Labute approximate surface area is 202 Å². The minimum absolute atomic E-state index is 0.192. The standard InChI is InChI=1S/C25H25FN4O3S/c1-3-4-5-11-30-15(2)21(22(27-25(30)34)16-7-6-8-18(26)12-16)24-28-23(29-33-24)17-9-10-19-20(13-17)32-14-31-19/h6-10,12-13,22H,3-5,11,14H2,1-2H3,(H,27,34). The van der Waals surface area contributed by atoms with Gasteiger partial charge < -0.3 is 24.2 Å². The quantitative estimate of drug-likeness (QED) is 0.353. The highest BCUT2D eigenvalue weighted by Gasteiger charge is 2.34. The summed E-state index contributed by atoms with van der Waals surface area (Å²) in [5, 5.41) is 8.18. The Hall–Kier alpha value is -3.46. The molecule has 1 unspecified atom stereocenters. The van der Waals surface area contributed by atoms with E-state index in [1.807, 2.05) is 31.2 Å². The van der Waals surface area contributed by atoms with E-state index in [1.165, 1.54) is 12.1 Å². The Balaban J connectivity index is 1.55. The molecule has 2 aliphatic heterocycles. The highest BCUT2D eigenvalue weighted by molar-refractivity contribution is 7.80. The molecule has 176 valence electrons. The SMILES string of the molecule is CCCCCN1C(=S)NC(c2cccc(F)c2)C(c2nc(-c3ccc4c(c3)OCO4)no2)=C1C. The van der Waals surface area contributed by atoms with Crippen molar-refractivity contribution < 1.29 is 18.4 Å². The molecule has 34 heavy (non-hydrogen) atoms. The topological polar surface area (TPSA) is 72.7 Å². The number of rotatable bonds is 7. The number of allylic oxidation sites excluding steroid dienone is 1. The molecule has 2 aromatic carbocycles. The van der Waals surface area contributed by atoms with Crippen LogP contribution in [-0.2, 0) is 0 Å². The van der Waals surface area contributed by atoms with Gasteiger partial charge in [-0.2, -0.15) is 4.98 Å². The van der Waals surface area contributed by atoms with Crippen molar-refractivity contribution in [1.82, 2.24) is 20.4 Å². The molecule has 1 aromatic heterocycles. The molecule has 5 rings (SSSR count). The van der Waals surface area contributed by atoms with E-state index in [-0.39, 0.29) is 12.6 Å². The Bertz CT molecular complexity index is 1260. The molecule has 7 nitrogen and oxygen atoms in total. The van der Waals surface area contributed by atoms with Gasteiger partial charge in [0, 0.05) is 17.8 Å². The summed E-state index contributed by atoms with van der Waals surface area (Å²) < 4.78 is 30.7. The number of unbranched alkanes of at least 4 members (excludes halogenated alkanes) is 2. The van der Waals surface area contributed by atoms with Crippen LogP contribution in [0.4, 0.5) is 4.39 Å². The largest absolute Gasteiger partial charge is 0.454 e. The molecule has 3 heterocycles. The Kier molecular flexibility index (Phi) is 6.19. The van der Waals surface area contributed by atoms with E-state index in [4.69, 9.17) is 31.2 Å². The van der Waals surface area contributed by atoms with Crippen molar-refractivity contribution in [3.8, 4) is 22.9 Å². The molecular weight excluding hydrogens is 455 g/mol. The van der Waals surface area contributed by atoms with Gasteiger partial charge in [-0.25, -0.2) is 4.39 Å². The number of hydrogen-bond donors (Lipinski definition) is 1. The molecule has 2 aliphatic rings. The van der Waals surface area contributed by atoms with Crippen molar-refractivity contribution in [2.45, 2.75) is 39.2 Å². The van der Waals surface area contributed by atoms with Crippen molar-refractivity contribution in [3.63, 3.8) is 0 Å². The van der Waals surface area contributed by atoms with E-state index < -0.39 is 6.04 Å². The molecule has 1 atom stereocenters. The first kappa shape index (κ1) is 22.3. The molecule has 0 radical (unpaired) electrons. The van der Waals surface area contributed by atoms with Gasteiger partial charge >= 0.3 is 0 Å². The first-order valence-electron chi connectivity index (χ1n) is 11.3. The lowest BCUT2D eigenvalue weighted by molar-refractivity contribution is 0.174. The number of ether oxygens (including phenoxy) is 2. The normalized spacial score (nSPS) is 17.3. The number of benzene rings is 2. The van der Waals surface area contributed by atoms with Gasteiger partial charge in [-0.3, -0.25) is 0 Å². The van der Waals surface area contributed by atoms with Gasteiger partial charge in [0.1, 0.15) is 5.82 Å². The van der Waals surface area contributed by atoms with Gasteiger partial charge in [0.2, 0.25) is 12.6 Å². The number of halogens is 1. The summed E-state index contributed by atoms with van der Waals surface area (Å²) in [6.45, 7) is 5.12. The average molecular weight is 481 g/mol. The lowest BCUT2D eigenvalue weighted by atomic mass is 9.94. The summed E-state index contributed by atoms with van der Waals surface area (Å²) in [7, 11) is 0. The number of thiocarbonyl (C=S) groups is 1. The highest BCUT2D eigenvalue weighted by Crippen LogP contribution is 2.39.